The predicted octanol–water partition coefficient (Wildman–Crippen LogP) is 1.79. The summed E-state index contributed by atoms with van der Waals surface area (Å²) in [5.74, 6) is 0.342. The second-order valence-corrected chi connectivity index (χ2v) is 6.02. The smallest absolute Gasteiger partial charge is 0.258 e. The molecule has 0 spiro atoms. The van der Waals surface area contributed by atoms with E-state index >= 15 is 0 Å². The van der Waals surface area contributed by atoms with Crippen LogP contribution in [0.1, 0.15) is 39.4 Å². The summed E-state index contributed by atoms with van der Waals surface area (Å²) in [6.07, 6.45) is 1.45. The Morgan fingerprint density at radius 1 is 1.35 bits per heavy atom. The molecule has 6 nitrogen and oxygen atoms in total. The largest absolute Gasteiger partial charge is 0.334 e. The fraction of sp³-hybridized carbons (Fsp3) is 0.471. The summed E-state index contributed by atoms with van der Waals surface area (Å²) in [6.45, 7) is 6.38. The zero-order chi connectivity index (χ0) is 17.0. The van der Waals surface area contributed by atoms with Gasteiger partial charge in [-0.2, -0.15) is 0 Å². The number of benzene rings is 1. The van der Waals surface area contributed by atoms with Crippen molar-refractivity contribution in [1.29, 1.82) is 0 Å². The molecule has 0 fully saturated rings. The molecule has 6 heteroatoms. The minimum Gasteiger partial charge on any atom is -0.334 e. The highest BCUT2D eigenvalue weighted by Gasteiger charge is 2.31. The van der Waals surface area contributed by atoms with Gasteiger partial charge in [-0.15, -0.1) is 0 Å². The number of para-hydroxylation sites is 1. The maximum absolute atomic E-state index is 12.6. The first-order valence-corrected chi connectivity index (χ1v) is 7.95. The van der Waals surface area contributed by atoms with Crippen LogP contribution >= 0.6 is 0 Å². The summed E-state index contributed by atoms with van der Waals surface area (Å²) in [7, 11) is 0. The summed E-state index contributed by atoms with van der Waals surface area (Å²) < 4.78 is 0. The summed E-state index contributed by atoms with van der Waals surface area (Å²) >= 11 is 0. The van der Waals surface area contributed by atoms with Crippen LogP contribution in [-0.4, -0.2) is 32.9 Å². The third-order valence-corrected chi connectivity index (χ3v) is 3.93. The van der Waals surface area contributed by atoms with Gasteiger partial charge in [0.25, 0.3) is 5.56 Å². The zero-order valence-electron chi connectivity index (χ0n) is 13.9. The van der Waals surface area contributed by atoms with Crippen LogP contribution in [0.2, 0.25) is 0 Å². The highest BCUT2D eigenvalue weighted by molar-refractivity contribution is 5.85. The number of nitrogens with one attached hydrogen (secondary N) is 1. The molecule has 0 saturated carbocycles. The van der Waals surface area contributed by atoms with E-state index < -0.39 is 5.54 Å². The average Bonchev–Trinajstić information content (AvgIpc) is 2.52. The van der Waals surface area contributed by atoms with Gasteiger partial charge in [-0.25, -0.2) is 4.98 Å². The molecule has 1 amide bonds. The Morgan fingerprint density at radius 3 is 2.70 bits per heavy atom. The van der Waals surface area contributed by atoms with Crippen molar-refractivity contribution in [2.45, 2.75) is 45.7 Å². The number of nitrogens with zero attached hydrogens (tertiary/aromatic N) is 2. The van der Waals surface area contributed by atoms with Crippen molar-refractivity contribution in [2.24, 2.45) is 5.73 Å². The highest BCUT2D eigenvalue weighted by atomic mass is 16.2. The minimum absolute atomic E-state index is 0.127. The maximum atomic E-state index is 12.6. The molecule has 2 rings (SSSR count). The number of H-pyrrole nitrogens is 1. The molecule has 2 aromatic rings. The molecular weight excluding hydrogens is 292 g/mol. The van der Waals surface area contributed by atoms with Gasteiger partial charge in [-0.05, 0) is 32.4 Å². The van der Waals surface area contributed by atoms with Crippen molar-refractivity contribution in [1.82, 2.24) is 14.9 Å². The monoisotopic (exact) mass is 316 g/mol. The lowest BCUT2D eigenvalue weighted by Gasteiger charge is -2.30. The number of aromatic nitrogens is 2. The number of nitrogens with two attached hydrogens (primary N) is 1. The fourth-order valence-corrected chi connectivity index (χ4v) is 2.71. The van der Waals surface area contributed by atoms with Crippen LogP contribution in [0.15, 0.2) is 29.1 Å². The number of hydrogen-bond donors (Lipinski definition) is 2. The molecular formula is C17H24N4O2. The van der Waals surface area contributed by atoms with Crippen molar-refractivity contribution in [3.63, 3.8) is 0 Å². The van der Waals surface area contributed by atoms with Gasteiger partial charge in [0, 0.05) is 6.54 Å². The lowest BCUT2D eigenvalue weighted by molar-refractivity contribution is -0.137. The molecule has 3 N–H and O–H groups in total. The quantitative estimate of drug-likeness (QED) is 0.850. The first-order valence-electron chi connectivity index (χ1n) is 7.95. The normalized spacial score (nSPS) is 13.7. The number of fused-ring (bicyclic) bond motifs is 1. The van der Waals surface area contributed by atoms with Crippen LogP contribution in [0.4, 0.5) is 0 Å². The summed E-state index contributed by atoms with van der Waals surface area (Å²) in [5.41, 5.74) is 5.66. The molecule has 0 saturated heterocycles. The molecule has 0 aliphatic carbocycles. The molecule has 1 heterocycles. The van der Waals surface area contributed by atoms with Gasteiger partial charge >= 0.3 is 0 Å². The lowest BCUT2D eigenvalue weighted by Crippen LogP contribution is -2.53. The highest BCUT2D eigenvalue weighted by Crippen LogP contribution is 2.14. The summed E-state index contributed by atoms with van der Waals surface area (Å²) in [4.78, 5) is 33.6. The molecule has 0 bridgehead atoms. The molecule has 1 unspecified atom stereocenters. The van der Waals surface area contributed by atoms with E-state index in [2.05, 4.69) is 9.97 Å². The number of carbonyl (C=O) groups excluding carboxylic acids is 1. The zero-order valence-corrected chi connectivity index (χ0v) is 13.9. The molecule has 0 radical (unpaired) electrons. The summed E-state index contributed by atoms with van der Waals surface area (Å²) in [5, 5.41) is 0.542. The van der Waals surface area contributed by atoms with E-state index in [0.717, 1.165) is 6.42 Å². The number of likely N-dealkylation sites (N-methyl/N-ethyl adjacent to an activating group) is 1. The lowest BCUT2D eigenvalue weighted by atomic mass is 9.95. The molecule has 1 aromatic heterocycles. The first-order chi connectivity index (χ1) is 10.9. The number of rotatable bonds is 6. The van der Waals surface area contributed by atoms with E-state index in [1.807, 2.05) is 19.9 Å². The van der Waals surface area contributed by atoms with Gasteiger partial charge in [0.2, 0.25) is 5.91 Å². The van der Waals surface area contributed by atoms with E-state index in [0.29, 0.717) is 29.7 Å². The predicted molar refractivity (Wildman–Crippen MR) is 91.0 cm³/mol. The Balaban J connectivity index is 2.29. The van der Waals surface area contributed by atoms with E-state index in [1.54, 1.807) is 30.0 Å². The van der Waals surface area contributed by atoms with Crippen LogP contribution in [0.5, 0.6) is 0 Å². The molecule has 124 valence electrons. The first kappa shape index (κ1) is 17.1. The Bertz CT molecular complexity index is 752. The van der Waals surface area contributed by atoms with Gasteiger partial charge in [0.1, 0.15) is 5.82 Å². The number of carbonyl (C=O) groups is 1. The van der Waals surface area contributed by atoms with Gasteiger partial charge in [0.15, 0.2) is 0 Å². The number of aromatic amines is 1. The number of amides is 1. The average molecular weight is 316 g/mol. The van der Waals surface area contributed by atoms with Gasteiger partial charge < -0.3 is 15.6 Å². The Labute approximate surface area is 135 Å². The SMILES string of the molecule is CCCC(C)(N)C(=O)N(CC)Cc1nc2ccccc2c(=O)[nH]1. The second kappa shape index (κ2) is 6.91. The van der Waals surface area contributed by atoms with Crippen LogP contribution < -0.4 is 11.3 Å². The van der Waals surface area contributed by atoms with Gasteiger partial charge in [-0.1, -0.05) is 25.5 Å². The third-order valence-electron chi connectivity index (χ3n) is 3.93. The van der Waals surface area contributed by atoms with Gasteiger partial charge in [-0.3, -0.25) is 9.59 Å². The molecule has 23 heavy (non-hydrogen) atoms. The summed E-state index contributed by atoms with van der Waals surface area (Å²) in [6, 6.07) is 7.15. The van der Waals surface area contributed by atoms with Crippen molar-refractivity contribution in [3.05, 3.63) is 40.4 Å². The van der Waals surface area contributed by atoms with Crippen molar-refractivity contribution < 1.29 is 4.79 Å². The van der Waals surface area contributed by atoms with E-state index in [1.165, 1.54) is 0 Å². The number of hydrogen-bond acceptors (Lipinski definition) is 4. The van der Waals surface area contributed by atoms with Crippen molar-refractivity contribution >= 4 is 16.8 Å². The molecule has 1 aromatic carbocycles. The molecule has 0 aliphatic heterocycles. The standard InChI is InChI=1S/C17H24N4O2/c1-4-10-17(3,18)16(23)21(5-2)11-14-19-13-9-7-6-8-12(13)15(22)20-14/h6-9H,4-5,10-11,18H2,1-3H3,(H,19,20,22). The van der Waals surface area contributed by atoms with Crippen molar-refractivity contribution in [2.75, 3.05) is 6.54 Å². The maximum Gasteiger partial charge on any atom is 0.258 e. The van der Waals surface area contributed by atoms with Crippen LogP contribution in [0.3, 0.4) is 0 Å². The van der Waals surface area contributed by atoms with E-state index in [9.17, 15) is 9.59 Å². The van der Waals surface area contributed by atoms with Crippen molar-refractivity contribution in [3.8, 4) is 0 Å². The van der Waals surface area contributed by atoms with Crippen LogP contribution in [-0.2, 0) is 11.3 Å². The Morgan fingerprint density at radius 2 is 2.04 bits per heavy atom. The van der Waals surface area contributed by atoms with E-state index in [-0.39, 0.29) is 18.0 Å². The second-order valence-electron chi connectivity index (χ2n) is 6.02. The Kier molecular flexibility index (Phi) is 5.15. The Hall–Kier alpha value is -2.21. The van der Waals surface area contributed by atoms with Crippen LogP contribution in [0, 0.1) is 0 Å². The topological polar surface area (TPSA) is 92.1 Å². The molecule has 1 atom stereocenters. The van der Waals surface area contributed by atoms with E-state index in [4.69, 9.17) is 5.73 Å². The molecule has 0 aliphatic rings. The van der Waals surface area contributed by atoms with Gasteiger partial charge in [0.05, 0.1) is 23.0 Å². The third kappa shape index (κ3) is 3.76. The fourth-order valence-electron chi connectivity index (χ4n) is 2.71. The van der Waals surface area contributed by atoms with Crippen LogP contribution in [0.25, 0.3) is 10.9 Å². The minimum atomic E-state index is -0.901.